The van der Waals surface area contributed by atoms with E-state index in [4.69, 9.17) is 4.74 Å². The number of carbonyl (C=O) groups is 2. The summed E-state index contributed by atoms with van der Waals surface area (Å²) in [5.41, 5.74) is 4.70. The van der Waals surface area contributed by atoms with E-state index in [0.717, 1.165) is 27.8 Å². The highest BCUT2D eigenvalue weighted by Gasteiger charge is 2.44. The van der Waals surface area contributed by atoms with Crippen LogP contribution in [0.1, 0.15) is 44.7 Å². The first-order chi connectivity index (χ1) is 10.9. The Morgan fingerprint density at radius 1 is 1.30 bits per heavy atom. The SMILES string of the molecule is CCOc1cc2c(cc1O)C(C)=C1C(C)=CC(=O)C(C(C)=O)C12. The summed E-state index contributed by atoms with van der Waals surface area (Å²) in [7, 11) is 0. The van der Waals surface area contributed by atoms with Crippen LogP contribution in [-0.4, -0.2) is 23.3 Å². The zero-order valence-corrected chi connectivity index (χ0v) is 13.8. The molecule has 2 atom stereocenters. The summed E-state index contributed by atoms with van der Waals surface area (Å²) in [6.45, 7) is 7.61. The van der Waals surface area contributed by atoms with E-state index in [1.807, 2.05) is 20.8 Å². The highest BCUT2D eigenvalue weighted by atomic mass is 16.5. The Morgan fingerprint density at radius 3 is 2.61 bits per heavy atom. The van der Waals surface area contributed by atoms with Gasteiger partial charge in [-0.15, -0.1) is 0 Å². The summed E-state index contributed by atoms with van der Waals surface area (Å²) < 4.78 is 5.47. The quantitative estimate of drug-likeness (QED) is 0.869. The molecule has 2 aliphatic rings. The first-order valence-electron chi connectivity index (χ1n) is 7.80. The molecule has 2 unspecified atom stereocenters. The van der Waals surface area contributed by atoms with Gasteiger partial charge in [0.25, 0.3) is 0 Å². The van der Waals surface area contributed by atoms with Gasteiger partial charge in [0.15, 0.2) is 17.3 Å². The van der Waals surface area contributed by atoms with Crippen LogP contribution >= 0.6 is 0 Å². The second-order valence-corrected chi connectivity index (χ2v) is 6.17. The number of fused-ring (bicyclic) bond motifs is 3. The van der Waals surface area contributed by atoms with Gasteiger partial charge in [-0.05, 0) is 73.7 Å². The normalized spacial score (nSPS) is 22.6. The molecule has 4 heteroatoms. The lowest BCUT2D eigenvalue weighted by Crippen LogP contribution is -2.31. The van der Waals surface area contributed by atoms with Crippen LogP contribution in [0, 0.1) is 5.92 Å². The monoisotopic (exact) mass is 312 g/mol. The number of carbonyl (C=O) groups excluding carboxylic acids is 2. The molecule has 0 spiro atoms. The highest BCUT2D eigenvalue weighted by Crippen LogP contribution is 2.53. The van der Waals surface area contributed by atoms with Crippen molar-refractivity contribution in [3.8, 4) is 11.5 Å². The molecule has 1 N–H and O–H groups in total. The van der Waals surface area contributed by atoms with Crippen molar-refractivity contribution in [3.05, 3.63) is 40.5 Å². The molecule has 0 fully saturated rings. The van der Waals surface area contributed by atoms with Crippen molar-refractivity contribution in [1.82, 2.24) is 0 Å². The third-order valence-electron chi connectivity index (χ3n) is 4.75. The van der Waals surface area contributed by atoms with E-state index in [1.165, 1.54) is 6.92 Å². The van der Waals surface area contributed by atoms with Gasteiger partial charge >= 0.3 is 0 Å². The molecule has 0 radical (unpaired) electrons. The van der Waals surface area contributed by atoms with Crippen molar-refractivity contribution >= 4 is 17.1 Å². The molecule has 3 rings (SSSR count). The molecule has 1 aromatic rings. The fraction of sp³-hybridized carbons (Fsp3) is 0.368. The number of ether oxygens (including phenoxy) is 1. The number of ketones is 2. The lowest BCUT2D eigenvalue weighted by molar-refractivity contribution is -0.129. The number of aromatic hydroxyl groups is 1. The molecule has 0 saturated heterocycles. The third kappa shape index (κ3) is 2.21. The summed E-state index contributed by atoms with van der Waals surface area (Å²) in [6, 6.07) is 3.45. The smallest absolute Gasteiger partial charge is 0.167 e. The molecule has 1 aromatic carbocycles. The Balaban J connectivity index is 2.25. The van der Waals surface area contributed by atoms with Gasteiger partial charge in [0.1, 0.15) is 5.78 Å². The minimum Gasteiger partial charge on any atom is -0.504 e. The maximum absolute atomic E-state index is 12.4. The number of hydrogen-bond donors (Lipinski definition) is 1. The van der Waals surface area contributed by atoms with Gasteiger partial charge in [0.05, 0.1) is 12.5 Å². The molecule has 0 aromatic heterocycles. The summed E-state index contributed by atoms with van der Waals surface area (Å²) in [4.78, 5) is 24.5. The number of benzene rings is 1. The van der Waals surface area contributed by atoms with E-state index in [9.17, 15) is 14.7 Å². The molecule has 0 amide bonds. The number of phenolic OH excluding ortho intramolecular Hbond substituents is 1. The second-order valence-electron chi connectivity index (χ2n) is 6.17. The summed E-state index contributed by atoms with van der Waals surface area (Å²) in [6.07, 6.45) is 1.57. The van der Waals surface area contributed by atoms with E-state index >= 15 is 0 Å². The van der Waals surface area contributed by atoms with Crippen LogP contribution in [0.5, 0.6) is 11.5 Å². The summed E-state index contributed by atoms with van der Waals surface area (Å²) in [5, 5.41) is 10.2. The number of Topliss-reactive ketones (excluding diaryl/α,β-unsaturated/α-hetero) is 1. The van der Waals surface area contributed by atoms with Gasteiger partial charge in [-0.3, -0.25) is 9.59 Å². The maximum Gasteiger partial charge on any atom is 0.167 e. The van der Waals surface area contributed by atoms with Crippen LogP contribution in [0.15, 0.2) is 29.4 Å². The van der Waals surface area contributed by atoms with Crippen LogP contribution in [0.25, 0.3) is 5.57 Å². The first-order valence-corrected chi connectivity index (χ1v) is 7.80. The van der Waals surface area contributed by atoms with Crippen molar-refractivity contribution in [1.29, 1.82) is 0 Å². The molecule has 120 valence electrons. The van der Waals surface area contributed by atoms with Crippen LogP contribution in [-0.2, 0) is 9.59 Å². The average Bonchev–Trinajstić information content (AvgIpc) is 2.73. The zero-order chi connectivity index (χ0) is 16.9. The molecular formula is C19H20O4. The lowest BCUT2D eigenvalue weighted by Gasteiger charge is -2.28. The fourth-order valence-corrected chi connectivity index (χ4v) is 3.84. The van der Waals surface area contributed by atoms with Crippen molar-refractivity contribution in [2.75, 3.05) is 6.61 Å². The van der Waals surface area contributed by atoms with E-state index in [-0.39, 0.29) is 23.2 Å². The van der Waals surface area contributed by atoms with Gasteiger partial charge in [-0.1, -0.05) is 0 Å². The van der Waals surface area contributed by atoms with Crippen molar-refractivity contribution in [2.45, 2.75) is 33.6 Å². The molecule has 4 nitrogen and oxygen atoms in total. The van der Waals surface area contributed by atoms with Gasteiger partial charge in [-0.25, -0.2) is 0 Å². The third-order valence-corrected chi connectivity index (χ3v) is 4.75. The largest absolute Gasteiger partial charge is 0.504 e. The maximum atomic E-state index is 12.4. The number of phenols is 1. The zero-order valence-electron chi connectivity index (χ0n) is 13.8. The summed E-state index contributed by atoms with van der Waals surface area (Å²) in [5.74, 6) is -0.772. The van der Waals surface area contributed by atoms with Crippen LogP contribution in [0.3, 0.4) is 0 Å². The Hall–Kier alpha value is -2.36. The minimum atomic E-state index is -0.691. The Kier molecular flexibility index (Phi) is 3.63. The first kappa shape index (κ1) is 15.5. The predicted molar refractivity (Wildman–Crippen MR) is 87.5 cm³/mol. The van der Waals surface area contributed by atoms with E-state index in [2.05, 4.69) is 0 Å². The average molecular weight is 312 g/mol. The number of rotatable bonds is 3. The Bertz CT molecular complexity index is 783. The van der Waals surface area contributed by atoms with Crippen LogP contribution in [0.4, 0.5) is 0 Å². The second kappa shape index (κ2) is 5.37. The van der Waals surface area contributed by atoms with Gasteiger partial charge in [0, 0.05) is 5.92 Å². The van der Waals surface area contributed by atoms with Crippen LogP contribution in [0.2, 0.25) is 0 Å². The van der Waals surface area contributed by atoms with E-state index in [1.54, 1.807) is 18.2 Å². The molecule has 0 saturated carbocycles. The van der Waals surface area contributed by atoms with E-state index < -0.39 is 5.92 Å². The van der Waals surface area contributed by atoms with Crippen LogP contribution < -0.4 is 4.74 Å². The standard InChI is InChI=1S/C19H20O4/c1-5-23-16-8-13-12(7-14(16)21)10(3)17-9(2)6-15(22)18(11(4)20)19(13)17/h6-8,18-19,21H,5H2,1-4H3. The van der Waals surface area contributed by atoms with Crippen molar-refractivity contribution in [3.63, 3.8) is 0 Å². The minimum absolute atomic E-state index is 0.0801. The molecule has 0 heterocycles. The van der Waals surface area contributed by atoms with Gasteiger partial charge in [0.2, 0.25) is 0 Å². The van der Waals surface area contributed by atoms with Gasteiger partial charge in [-0.2, -0.15) is 0 Å². The van der Waals surface area contributed by atoms with Crippen molar-refractivity contribution < 1.29 is 19.4 Å². The fourth-order valence-electron chi connectivity index (χ4n) is 3.84. The Morgan fingerprint density at radius 2 is 2.00 bits per heavy atom. The number of allylic oxidation sites excluding steroid dienone is 4. The molecule has 23 heavy (non-hydrogen) atoms. The molecular weight excluding hydrogens is 292 g/mol. The van der Waals surface area contributed by atoms with E-state index in [0.29, 0.717) is 12.4 Å². The lowest BCUT2D eigenvalue weighted by atomic mass is 9.72. The highest BCUT2D eigenvalue weighted by molar-refractivity contribution is 6.11. The Labute approximate surface area is 135 Å². The van der Waals surface area contributed by atoms with Gasteiger partial charge < -0.3 is 9.84 Å². The summed E-state index contributed by atoms with van der Waals surface area (Å²) >= 11 is 0. The number of hydrogen-bond acceptors (Lipinski definition) is 4. The molecule has 0 bridgehead atoms. The van der Waals surface area contributed by atoms with Crippen molar-refractivity contribution in [2.24, 2.45) is 5.92 Å². The molecule has 2 aliphatic carbocycles. The predicted octanol–water partition coefficient (Wildman–Crippen LogP) is 3.40. The topological polar surface area (TPSA) is 63.6 Å². The molecule has 0 aliphatic heterocycles.